The van der Waals surface area contributed by atoms with E-state index in [1.165, 1.54) is 193 Å². The van der Waals surface area contributed by atoms with E-state index in [0.29, 0.717) is 0 Å². The summed E-state index contributed by atoms with van der Waals surface area (Å²) in [5, 5.41) is 9.29. The molecule has 1 aliphatic heterocycles. The largest absolute Gasteiger partial charge is 0.395 e. The van der Waals surface area contributed by atoms with Crippen LogP contribution in [0.4, 0.5) is 4.79 Å². The van der Waals surface area contributed by atoms with E-state index in [0.717, 1.165) is 58.7 Å². The Morgan fingerprint density at radius 2 is 0.708 bits per heavy atom. The number of carbonyl (C=O) groups is 1. The molecule has 0 bridgehead atoms. The molecule has 286 valence electrons. The summed E-state index contributed by atoms with van der Waals surface area (Å²) in [6.45, 7) is 10.7. The van der Waals surface area contributed by atoms with Crippen molar-refractivity contribution in [2.45, 2.75) is 219 Å². The van der Waals surface area contributed by atoms with Gasteiger partial charge in [-0.1, -0.05) is 206 Å². The van der Waals surface area contributed by atoms with Crippen LogP contribution in [0.3, 0.4) is 0 Å². The first kappa shape index (κ1) is 45.2. The highest BCUT2D eigenvalue weighted by Crippen LogP contribution is 2.17. The normalized spacial score (nSPS) is 13.9. The summed E-state index contributed by atoms with van der Waals surface area (Å²) in [6, 6.07) is 0.264. The van der Waals surface area contributed by atoms with E-state index in [2.05, 4.69) is 28.5 Å². The summed E-state index contributed by atoms with van der Waals surface area (Å²) in [5.41, 5.74) is 0. The first-order chi connectivity index (χ1) is 23.7. The van der Waals surface area contributed by atoms with Crippen LogP contribution in [0, 0.1) is 0 Å². The second-order valence-corrected chi connectivity index (χ2v) is 15.4. The van der Waals surface area contributed by atoms with Crippen LogP contribution in [-0.2, 0) is 0 Å². The zero-order chi connectivity index (χ0) is 34.6. The second kappa shape index (κ2) is 36.0. The number of aliphatic hydroxyl groups excluding tert-OH is 1. The molecule has 2 amide bonds. The van der Waals surface area contributed by atoms with E-state index in [1.807, 2.05) is 0 Å². The van der Waals surface area contributed by atoms with Crippen LogP contribution in [0.2, 0.25) is 0 Å². The fourth-order valence-corrected chi connectivity index (χ4v) is 7.51. The minimum Gasteiger partial charge on any atom is -0.395 e. The van der Waals surface area contributed by atoms with E-state index in [4.69, 9.17) is 0 Å². The molecular weight excluding hydrogens is 590 g/mol. The Labute approximate surface area is 301 Å². The van der Waals surface area contributed by atoms with Crippen LogP contribution in [0.5, 0.6) is 0 Å². The number of rotatable bonds is 36. The number of amides is 2. The van der Waals surface area contributed by atoms with Crippen molar-refractivity contribution in [3.05, 3.63) is 0 Å². The van der Waals surface area contributed by atoms with Gasteiger partial charge in [0.15, 0.2) is 0 Å². The van der Waals surface area contributed by atoms with Gasteiger partial charge in [-0.15, -0.1) is 0 Å². The van der Waals surface area contributed by atoms with Crippen molar-refractivity contribution >= 4 is 6.03 Å². The van der Waals surface area contributed by atoms with Gasteiger partial charge in [0.05, 0.1) is 6.61 Å². The van der Waals surface area contributed by atoms with Crippen molar-refractivity contribution < 1.29 is 9.90 Å². The van der Waals surface area contributed by atoms with Crippen LogP contribution < -0.4 is 0 Å². The van der Waals surface area contributed by atoms with Crippen molar-refractivity contribution in [2.75, 3.05) is 52.4 Å². The first-order valence-corrected chi connectivity index (χ1v) is 22.1. The molecule has 0 atom stereocenters. The highest BCUT2D eigenvalue weighted by Gasteiger charge is 2.24. The molecule has 1 saturated heterocycles. The maximum absolute atomic E-state index is 13.5. The number of hydrogen-bond acceptors (Lipinski definition) is 3. The van der Waals surface area contributed by atoms with Gasteiger partial charge >= 0.3 is 6.03 Å². The third-order valence-electron chi connectivity index (χ3n) is 10.9. The van der Waals surface area contributed by atoms with Crippen molar-refractivity contribution in [3.63, 3.8) is 0 Å². The molecule has 1 rings (SSSR count). The molecule has 1 N–H and O–H groups in total. The summed E-state index contributed by atoms with van der Waals surface area (Å²) in [7, 11) is 0. The van der Waals surface area contributed by atoms with Gasteiger partial charge in [0, 0.05) is 45.8 Å². The molecule has 0 aliphatic carbocycles. The van der Waals surface area contributed by atoms with Gasteiger partial charge in [0.25, 0.3) is 0 Å². The van der Waals surface area contributed by atoms with E-state index < -0.39 is 0 Å². The van der Waals surface area contributed by atoms with Gasteiger partial charge in [-0.25, -0.2) is 4.79 Å². The van der Waals surface area contributed by atoms with Gasteiger partial charge in [-0.2, -0.15) is 0 Å². The Bertz CT molecular complexity index is 616. The molecule has 0 aromatic heterocycles. The average Bonchev–Trinajstić information content (AvgIpc) is 3.10. The number of aliphatic hydroxyl groups is 1. The Hall–Kier alpha value is -0.810. The number of unbranched alkanes of at least 4 members (excludes halogenated alkanes) is 30. The smallest absolute Gasteiger partial charge is 0.320 e. The van der Waals surface area contributed by atoms with Gasteiger partial charge < -0.3 is 14.9 Å². The lowest BCUT2D eigenvalue weighted by atomic mass is 10.0. The fourth-order valence-electron chi connectivity index (χ4n) is 7.51. The summed E-state index contributed by atoms with van der Waals surface area (Å²) >= 11 is 0. The highest BCUT2D eigenvalue weighted by atomic mass is 16.3. The number of nitrogens with zero attached hydrogens (tertiary/aromatic N) is 3. The number of carbonyl (C=O) groups excluding carboxylic acids is 1. The van der Waals surface area contributed by atoms with Gasteiger partial charge in [-0.05, 0) is 12.8 Å². The molecule has 0 spiro atoms. The predicted octanol–water partition coefficient (Wildman–Crippen LogP) is 12.5. The maximum atomic E-state index is 13.5. The summed E-state index contributed by atoms with van der Waals surface area (Å²) in [5.74, 6) is 0. The molecule has 1 heterocycles. The average molecular weight is 678 g/mol. The molecule has 0 unspecified atom stereocenters. The fraction of sp³-hybridized carbons (Fsp3) is 0.977. The minimum absolute atomic E-state index is 0.207. The standard InChI is InChI=1S/C43H87N3O2/c1-3-5-7-9-11-13-15-17-19-21-23-25-27-29-31-33-35-45(43(48)46-39-37-44(38-40-46)41-42-47)36-34-32-30-28-26-24-22-20-18-16-14-12-10-8-6-4-2/h47H,3-42H2,1-2H3. The lowest BCUT2D eigenvalue weighted by molar-refractivity contribution is 0.101. The van der Waals surface area contributed by atoms with Crippen LogP contribution in [0.15, 0.2) is 0 Å². The van der Waals surface area contributed by atoms with Crippen molar-refractivity contribution in [1.82, 2.24) is 14.7 Å². The van der Waals surface area contributed by atoms with Crippen molar-refractivity contribution in [3.8, 4) is 0 Å². The predicted molar refractivity (Wildman–Crippen MR) is 211 cm³/mol. The Morgan fingerprint density at radius 3 is 0.979 bits per heavy atom. The molecule has 0 aromatic carbocycles. The molecule has 1 fully saturated rings. The lowest BCUT2D eigenvalue weighted by Crippen LogP contribution is -2.53. The zero-order valence-electron chi connectivity index (χ0n) is 33.0. The molecule has 0 saturated carbocycles. The molecular formula is C43H87N3O2. The van der Waals surface area contributed by atoms with Crippen LogP contribution in [-0.4, -0.2) is 78.3 Å². The molecule has 5 nitrogen and oxygen atoms in total. The van der Waals surface area contributed by atoms with Crippen LogP contribution in [0.25, 0.3) is 0 Å². The quantitative estimate of drug-likeness (QED) is 0.0671. The molecule has 0 radical (unpaired) electrons. The van der Waals surface area contributed by atoms with Crippen LogP contribution in [0.1, 0.15) is 219 Å². The topological polar surface area (TPSA) is 47.0 Å². The second-order valence-electron chi connectivity index (χ2n) is 15.4. The molecule has 5 heteroatoms. The molecule has 0 aromatic rings. The Kier molecular flexibility index (Phi) is 33.9. The van der Waals surface area contributed by atoms with E-state index in [1.54, 1.807) is 0 Å². The van der Waals surface area contributed by atoms with Crippen LogP contribution >= 0.6 is 0 Å². The highest BCUT2D eigenvalue weighted by molar-refractivity contribution is 5.74. The third-order valence-corrected chi connectivity index (χ3v) is 10.9. The maximum Gasteiger partial charge on any atom is 0.320 e. The minimum atomic E-state index is 0.207. The van der Waals surface area contributed by atoms with Gasteiger partial charge in [-0.3, -0.25) is 4.90 Å². The van der Waals surface area contributed by atoms with Gasteiger partial charge in [0.1, 0.15) is 0 Å². The summed E-state index contributed by atoms with van der Waals surface area (Å²) in [4.78, 5) is 20.1. The Balaban J connectivity index is 2.13. The first-order valence-electron chi connectivity index (χ1n) is 22.1. The van der Waals surface area contributed by atoms with E-state index in [-0.39, 0.29) is 12.6 Å². The molecule has 1 aliphatic rings. The zero-order valence-corrected chi connectivity index (χ0v) is 33.0. The Morgan fingerprint density at radius 1 is 0.438 bits per heavy atom. The number of hydrogen-bond donors (Lipinski definition) is 1. The van der Waals surface area contributed by atoms with E-state index >= 15 is 0 Å². The van der Waals surface area contributed by atoms with Crippen molar-refractivity contribution in [1.29, 1.82) is 0 Å². The van der Waals surface area contributed by atoms with Gasteiger partial charge in [0.2, 0.25) is 0 Å². The summed E-state index contributed by atoms with van der Waals surface area (Å²) in [6.07, 6.45) is 44.3. The lowest BCUT2D eigenvalue weighted by Gasteiger charge is -2.37. The number of urea groups is 1. The SMILES string of the molecule is CCCCCCCCCCCCCCCCCCN(CCCCCCCCCCCCCCCCCC)C(=O)N1CCN(CCO)CC1. The van der Waals surface area contributed by atoms with E-state index in [9.17, 15) is 9.90 Å². The van der Waals surface area contributed by atoms with Crippen molar-refractivity contribution in [2.24, 2.45) is 0 Å². The summed E-state index contributed by atoms with van der Waals surface area (Å²) < 4.78 is 0. The third kappa shape index (κ3) is 27.9. The molecule has 48 heavy (non-hydrogen) atoms. The monoisotopic (exact) mass is 678 g/mol. The number of β-amino-alcohol motifs (C(OH)–C–C–N with tert-alkyl or cyclic N) is 1. The number of piperazine rings is 1.